The van der Waals surface area contributed by atoms with Gasteiger partial charge >= 0.3 is 0 Å². The van der Waals surface area contributed by atoms with Crippen molar-refractivity contribution in [2.24, 2.45) is 18.9 Å². The summed E-state index contributed by atoms with van der Waals surface area (Å²) in [5.74, 6) is 0.142. The summed E-state index contributed by atoms with van der Waals surface area (Å²) >= 11 is 5.06. The van der Waals surface area contributed by atoms with Crippen LogP contribution in [0.25, 0.3) is 0 Å². The number of thioether (sulfide) groups is 1. The van der Waals surface area contributed by atoms with Crippen LogP contribution in [0.3, 0.4) is 0 Å². The van der Waals surface area contributed by atoms with Gasteiger partial charge in [-0.3, -0.25) is 14.3 Å². The van der Waals surface area contributed by atoms with Crippen LogP contribution in [-0.2, 0) is 17.6 Å². The van der Waals surface area contributed by atoms with Gasteiger partial charge in [-0.05, 0) is 30.5 Å². The highest BCUT2D eigenvalue weighted by molar-refractivity contribution is 9.10. The Kier molecular flexibility index (Phi) is 7.48. The van der Waals surface area contributed by atoms with Gasteiger partial charge in [-0.1, -0.05) is 83.0 Å². The van der Waals surface area contributed by atoms with Crippen molar-refractivity contribution in [1.29, 1.82) is 0 Å². The minimum atomic E-state index is -0.327. The minimum Gasteiger partial charge on any atom is -0.322 e. The fourth-order valence-corrected chi connectivity index (χ4v) is 5.47. The lowest BCUT2D eigenvalue weighted by atomic mass is 9.75. The Labute approximate surface area is 201 Å². The van der Waals surface area contributed by atoms with E-state index >= 15 is 0 Å². The van der Waals surface area contributed by atoms with Crippen LogP contribution in [0.15, 0.2) is 70.3 Å². The maximum absolute atomic E-state index is 13.3. The molecule has 1 fully saturated rings. The molecule has 5 nitrogen and oxygen atoms in total. The van der Waals surface area contributed by atoms with Crippen molar-refractivity contribution in [3.8, 4) is 0 Å². The molecule has 1 amide bonds. The molecule has 0 radical (unpaired) electrons. The molecule has 0 saturated heterocycles. The molecule has 0 bridgehead atoms. The minimum absolute atomic E-state index is 0.0576. The van der Waals surface area contributed by atoms with Gasteiger partial charge in [-0.2, -0.15) is 5.10 Å². The molecule has 3 aromatic rings. The summed E-state index contributed by atoms with van der Waals surface area (Å²) in [5.41, 5.74) is 2.58. The Morgan fingerprint density at radius 3 is 2.47 bits per heavy atom. The Morgan fingerprint density at radius 2 is 1.75 bits per heavy atom. The van der Waals surface area contributed by atoms with Crippen molar-refractivity contribution in [3.63, 3.8) is 0 Å². The number of aromatic nitrogens is 2. The molecule has 1 aromatic heterocycles. The standard InChI is InChI=1S/C25H26BrN3O2S/c1-29-25(32-16-17-7-3-2-4-8-17)22(15-27-29)28-24(31)21-10-6-5-9-20(21)23(30)18-11-13-19(26)14-12-18/h2-4,7-8,11-15,20-21H,5-6,9-10,16H2,1H3,(H,28,31). The van der Waals surface area contributed by atoms with Gasteiger partial charge in [0.1, 0.15) is 5.03 Å². The van der Waals surface area contributed by atoms with Gasteiger partial charge < -0.3 is 5.32 Å². The highest BCUT2D eigenvalue weighted by Gasteiger charge is 2.36. The molecule has 7 heteroatoms. The number of amides is 1. The van der Waals surface area contributed by atoms with E-state index in [2.05, 4.69) is 38.5 Å². The van der Waals surface area contributed by atoms with Crippen molar-refractivity contribution < 1.29 is 9.59 Å². The molecule has 1 saturated carbocycles. The fourth-order valence-electron chi connectivity index (χ4n) is 4.22. The average Bonchev–Trinajstić information content (AvgIpc) is 3.17. The third kappa shape index (κ3) is 5.33. The summed E-state index contributed by atoms with van der Waals surface area (Å²) in [6.45, 7) is 0. The zero-order valence-electron chi connectivity index (χ0n) is 18.0. The molecule has 2 unspecified atom stereocenters. The van der Waals surface area contributed by atoms with Crippen LogP contribution in [0.1, 0.15) is 41.6 Å². The first kappa shape index (κ1) is 22.8. The van der Waals surface area contributed by atoms with E-state index in [0.29, 0.717) is 11.3 Å². The highest BCUT2D eigenvalue weighted by Crippen LogP contribution is 2.35. The first-order valence-corrected chi connectivity index (χ1v) is 12.6. The van der Waals surface area contributed by atoms with E-state index in [1.165, 1.54) is 5.56 Å². The topological polar surface area (TPSA) is 64.0 Å². The average molecular weight is 512 g/mol. The first-order valence-electron chi connectivity index (χ1n) is 10.8. The van der Waals surface area contributed by atoms with Crippen molar-refractivity contribution in [3.05, 3.63) is 76.4 Å². The smallest absolute Gasteiger partial charge is 0.228 e. The summed E-state index contributed by atoms with van der Waals surface area (Å²) < 4.78 is 2.72. The van der Waals surface area contributed by atoms with Gasteiger partial charge in [0, 0.05) is 34.7 Å². The molecule has 32 heavy (non-hydrogen) atoms. The number of halogens is 1. The van der Waals surface area contributed by atoms with Crippen LogP contribution < -0.4 is 5.32 Å². The predicted molar refractivity (Wildman–Crippen MR) is 132 cm³/mol. The summed E-state index contributed by atoms with van der Waals surface area (Å²) in [7, 11) is 1.88. The number of anilines is 1. The van der Waals surface area contributed by atoms with E-state index in [1.54, 1.807) is 22.6 Å². The number of Topliss-reactive ketones (excluding diaryl/α,β-unsaturated/α-hetero) is 1. The van der Waals surface area contributed by atoms with Crippen LogP contribution in [0.2, 0.25) is 0 Å². The number of hydrogen-bond acceptors (Lipinski definition) is 4. The van der Waals surface area contributed by atoms with Crippen LogP contribution in [0.4, 0.5) is 5.69 Å². The number of hydrogen-bond donors (Lipinski definition) is 1. The largest absolute Gasteiger partial charge is 0.322 e. The summed E-state index contributed by atoms with van der Waals surface area (Å²) in [6, 6.07) is 17.6. The van der Waals surface area contributed by atoms with Crippen molar-refractivity contribution >= 4 is 45.1 Å². The van der Waals surface area contributed by atoms with Gasteiger partial charge in [0.2, 0.25) is 5.91 Å². The molecule has 1 aliphatic rings. The van der Waals surface area contributed by atoms with E-state index in [9.17, 15) is 9.59 Å². The second kappa shape index (κ2) is 10.5. The van der Waals surface area contributed by atoms with Gasteiger partial charge in [-0.25, -0.2) is 0 Å². The first-order chi connectivity index (χ1) is 15.5. The molecule has 4 rings (SSSR count). The Morgan fingerprint density at radius 1 is 1.06 bits per heavy atom. The monoisotopic (exact) mass is 511 g/mol. The molecule has 2 aromatic carbocycles. The molecule has 1 N–H and O–H groups in total. The number of carbonyl (C=O) groups excluding carboxylic acids is 2. The molecule has 166 valence electrons. The number of aryl methyl sites for hydroxylation is 1. The van der Waals surface area contributed by atoms with E-state index in [4.69, 9.17) is 0 Å². The molecule has 2 atom stereocenters. The van der Waals surface area contributed by atoms with E-state index in [1.807, 2.05) is 49.5 Å². The van der Waals surface area contributed by atoms with E-state index in [0.717, 1.165) is 40.9 Å². The predicted octanol–water partition coefficient (Wildman–Crippen LogP) is 6.10. The van der Waals surface area contributed by atoms with Gasteiger partial charge in [0.15, 0.2) is 5.78 Å². The quantitative estimate of drug-likeness (QED) is 0.307. The fraction of sp³-hybridized carbons (Fsp3) is 0.320. The molecular formula is C25H26BrN3O2S. The number of ketones is 1. The lowest BCUT2D eigenvalue weighted by Crippen LogP contribution is -2.36. The Hall–Kier alpha value is -2.38. The van der Waals surface area contributed by atoms with E-state index in [-0.39, 0.29) is 23.5 Å². The maximum atomic E-state index is 13.3. The number of benzene rings is 2. The lowest BCUT2D eigenvalue weighted by molar-refractivity contribution is -0.122. The second-order valence-electron chi connectivity index (χ2n) is 8.12. The van der Waals surface area contributed by atoms with Crippen molar-refractivity contribution in [2.45, 2.75) is 36.5 Å². The molecule has 1 aliphatic carbocycles. The Balaban J connectivity index is 1.47. The number of nitrogens with one attached hydrogen (secondary N) is 1. The van der Waals surface area contributed by atoms with E-state index < -0.39 is 0 Å². The normalized spacial score (nSPS) is 18.3. The zero-order chi connectivity index (χ0) is 22.5. The third-order valence-electron chi connectivity index (χ3n) is 5.93. The molecular weight excluding hydrogens is 486 g/mol. The maximum Gasteiger partial charge on any atom is 0.228 e. The van der Waals surface area contributed by atoms with Gasteiger partial charge in [0.25, 0.3) is 0 Å². The van der Waals surface area contributed by atoms with Crippen LogP contribution >= 0.6 is 27.7 Å². The molecule has 1 heterocycles. The SMILES string of the molecule is Cn1ncc(NC(=O)C2CCCCC2C(=O)c2ccc(Br)cc2)c1SCc1ccccc1. The van der Waals surface area contributed by atoms with Crippen LogP contribution in [0, 0.1) is 11.8 Å². The zero-order valence-corrected chi connectivity index (χ0v) is 20.4. The van der Waals surface area contributed by atoms with Gasteiger partial charge in [0.05, 0.1) is 11.9 Å². The van der Waals surface area contributed by atoms with Crippen LogP contribution in [-0.4, -0.2) is 21.5 Å². The Bertz CT molecular complexity index is 1080. The van der Waals surface area contributed by atoms with Crippen molar-refractivity contribution in [2.75, 3.05) is 5.32 Å². The summed E-state index contributed by atoms with van der Waals surface area (Å²) in [6.07, 6.45) is 5.10. The second-order valence-corrected chi connectivity index (χ2v) is 10.00. The number of rotatable bonds is 7. The highest BCUT2D eigenvalue weighted by atomic mass is 79.9. The summed E-state index contributed by atoms with van der Waals surface area (Å²) in [5, 5.41) is 8.34. The number of carbonyl (C=O) groups is 2. The van der Waals surface area contributed by atoms with Crippen LogP contribution in [0.5, 0.6) is 0 Å². The third-order valence-corrected chi connectivity index (χ3v) is 7.69. The van der Waals surface area contributed by atoms with Gasteiger partial charge in [-0.15, -0.1) is 0 Å². The lowest BCUT2D eigenvalue weighted by Gasteiger charge is -2.29. The molecule has 0 spiro atoms. The molecule has 0 aliphatic heterocycles. The number of nitrogens with zero attached hydrogens (tertiary/aromatic N) is 2. The summed E-state index contributed by atoms with van der Waals surface area (Å²) in [4.78, 5) is 26.5. The van der Waals surface area contributed by atoms with Crippen molar-refractivity contribution in [1.82, 2.24) is 9.78 Å².